The van der Waals surface area contributed by atoms with E-state index in [9.17, 15) is 83.8 Å². The summed E-state index contributed by atoms with van der Waals surface area (Å²) >= 11 is 0. The highest BCUT2D eigenvalue weighted by Gasteiger charge is 2.82. The Hall–Kier alpha value is -2.09. The molecule has 0 spiro atoms. The van der Waals surface area contributed by atoms with Gasteiger partial charge in [-0.2, -0.15) is 79.0 Å². The molecule has 0 saturated carbocycles. The van der Waals surface area contributed by atoms with E-state index in [1.165, 1.54) is 0 Å². The van der Waals surface area contributed by atoms with Crippen molar-refractivity contribution in [2.24, 2.45) is 0 Å². The summed E-state index contributed by atoms with van der Waals surface area (Å²) in [6, 6.07) is 0. The number of hydrogen-bond donors (Lipinski definition) is 0. The maximum Gasteiger partial charge on any atom is 0.460 e. The van der Waals surface area contributed by atoms with Gasteiger partial charge in [-0.25, -0.2) is 4.79 Å². The average molecular weight is 608 g/mol. The zero-order valence-corrected chi connectivity index (χ0v) is 18.1. The second kappa shape index (κ2) is 10.8. The Balaban J connectivity index is 5.77. The van der Waals surface area contributed by atoms with Crippen LogP contribution in [0.2, 0.25) is 0 Å². The monoisotopic (exact) mass is 608 g/mol. The van der Waals surface area contributed by atoms with E-state index in [1.807, 2.05) is 0 Å². The van der Waals surface area contributed by atoms with Crippen molar-refractivity contribution in [2.75, 3.05) is 13.2 Å². The summed E-state index contributed by atoms with van der Waals surface area (Å²) in [7, 11) is 0. The number of carbonyl (C=O) groups excluding carboxylic acids is 1. The molecule has 0 aliphatic rings. The van der Waals surface area contributed by atoms with E-state index in [-0.39, 0.29) is 0 Å². The molecule has 0 aromatic rings. The van der Waals surface area contributed by atoms with Gasteiger partial charge in [0, 0.05) is 12.0 Å². The molecular weight excluding hydrogens is 594 g/mol. The summed E-state index contributed by atoms with van der Waals surface area (Å²) in [5.41, 5.74) is -0.744. The number of rotatable bonds is 13. The molecule has 0 aromatic carbocycles. The van der Waals surface area contributed by atoms with Gasteiger partial charge in [0.05, 0.1) is 19.6 Å². The number of hydrogen-bond acceptors (Lipinski definition) is 3. The van der Waals surface area contributed by atoms with Crippen LogP contribution in [0.4, 0.5) is 79.0 Å². The fourth-order valence-corrected chi connectivity index (χ4v) is 2.19. The van der Waals surface area contributed by atoms with Crippen LogP contribution >= 0.6 is 0 Å². The molecule has 0 N–H and O–H groups in total. The molecule has 0 fully saturated rings. The highest BCUT2D eigenvalue weighted by Crippen LogP contribution is 2.55. The van der Waals surface area contributed by atoms with E-state index >= 15 is 0 Å². The molecule has 0 aliphatic heterocycles. The van der Waals surface area contributed by atoms with Crippen LogP contribution in [0, 0.1) is 0 Å². The second-order valence-electron chi connectivity index (χ2n) is 7.54. The van der Waals surface area contributed by atoms with Gasteiger partial charge < -0.3 is 9.47 Å². The highest BCUT2D eigenvalue weighted by atomic mass is 19.4. The Labute approximate surface area is 199 Å². The molecule has 3 nitrogen and oxygen atoms in total. The molecule has 0 amide bonds. The first kappa shape index (κ1) is 35.9. The van der Waals surface area contributed by atoms with E-state index < -0.39 is 91.6 Å². The van der Waals surface area contributed by atoms with Crippen molar-refractivity contribution in [1.82, 2.24) is 0 Å². The van der Waals surface area contributed by atoms with Gasteiger partial charge in [-0.15, -0.1) is 0 Å². The van der Waals surface area contributed by atoms with E-state index in [0.29, 0.717) is 0 Å². The first-order chi connectivity index (χ1) is 16.4. The number of alkyl halides is 18. The maximum atomic E-state index is 13.8. The fraction of sp³-hybridized carbons (Fsp3) is 0.824. The average Bonchev–Trinajstić information content (AvgIpc) is 2.68. The van der Waals surface area contributed by atoms with Gasteiger partial charge in [0.1, 0.15) is 6.10 Å². The van der Waals surface area contributed by atoms with E-state index in [4.69, 9.17) is 0 Å². The molecule has 0 rings (SSSR count). The molecule has 0 saturated heterocycles. The topological polar surface area (TPSA) is 35.5 Å². The number of carbonyl (C=O) groups is 1. The van der Waals surface area contributed by atoms with Crippen LogP contribution in [-0.4, -0.2) is 73.2 Å². The van der Waals surface area contributed by atoms with Crippen molar-refractivity contribution in [2.45, 2.75) is 73.8 Å². The van der Waals surface area contributed by atoms with Crippen LogP contribution in [-0.2, 0) is 14.3 Å². The largest absolute Gasteiger partial charge is 0.460 e. The van der Waals surface area contributed by atoms with Gasteiger partial charge in [0.15, 0.2) is 0 Å². The van der Waals surface area contributed by atoms with Crippen molar-refractivity contribution in [3.05, 3.63) is 12.2 Å². The molecule has 1 unspecified atom stereocenters. The molecule has 0 aromatic heterocycles. The zero-order valence-electron chi connectivity index (χ0n) is 18.1. The third-order valence-corrected chi connectivity index (χ3v) is 4.39. The molecule has 0 bridgehead atoms. The van der Waals surface area contributed by atoms with Crippen LogP contribution in [0.1, 0.15) is 19.8 Å². The summed E-state index contributed by atoms with van der Waals surface area (Å²) in [5.74, 6) is -43.5. The lowest BCUT2D eigenvalue weighted by Gasteiger charge is -2.35. The SMILES string of the molecule is C=C(C)C(=O)OC(COCCC(F)(F)C(F)(F)C(F)(F)C(F)(F)F)CC(F)(F)C(F)(F)C(F)(F)C(F)(F)F. The smallest absolute Gasteiger partial charge is 0.456 e. The maximum absolute atomic E-state index is 13.8. The highest BCUT2D eigenvalue weighted by molar-refractivity contribution is 5.87. The van der Waals surface area contributed by atoms with Crippen LogP contribution < -0.4 is 0 Å². The minimum Gasteiger partial charge on any atom is -0.456 e. The summed E-state index contributed by atoms with van der Waals surface area (Å²) in [4.78, 5) is 11.4. The summed E-state index contributed by atoms with van der Waals surface area (Å²) in [6.45, 7) is -0.372. The Bertz CT molecular complexity index is 842. The van der Waals surface area contributed by atoms with Crippen LogP contribution in [0.3, 0.4) is 0 Å². The quantitative estimate of drug-likeness (QED) is 0.0961. The van der Waals surface area contributed by atoms with Gasteiger partial charge in [0.25, 0.3) is 0 Å². The van der Waals surface area contributed by atoms with Gasteiger partial charge >= 0.3 is 53.9 Å². The Kier molecular flexibility index (Phi) is 10.2. The summed E-state index contributed by atoms with van der Waals surface area (Å²) < 4.78 is 240. The zero-order chi connectivity index (χ0) is 31.0. The Morgan fingerprint density at radius 3 is 1.37 bits per heavy atom. The lowest BCUT2D eigenvalue weighted by molar-refractivity contribution is -0.398. The first-order valence-corrected chi connectivity index (χ1v) is 9.25. The van der Waals surface area contributed by atoms with E-state index in [0.717, 1.165) is 6.92 Å². The molecule has 0 radical (unpaired) electrons. The standard InChI is InChI=1S/C17H14F18O3/c1-7(2)9(36)38-8(5-11(20,21)13(24,25)15(28,29)17(33,34)35)6-37-4-3-10(18,19)12(22,23)14(26,27)16(30,31)32/h8H,1,3-6H2,2H3. The molecule has 226 valence electrons. The number of halogens is 18. The third-order valence-electron chi connectivity index (χ3n) is 4.39. The summed E-state index contributed by atoms with van der Waals surface area (Å²) in [5, 5.41) is 0. The lowest BCUT2D eigenvalue weighted by atomic mass is 9.98. The number of ether oxygens (including phenoxy) is 2. The minimum atomic E-state index is -7.38. The molecule has 0 aliphatic carbocycles. The van der Waals surface area contributed by atoms with Crippen LogP contribution in [0.5, 0.6) is 0 Å². The first-order valence-electron chi connectivity index (χ1n) is 9.25. The lowest BCUT2D eigenvalue weighted by Crippen LogP contribution is -2.61. The van der Waals surface area contributed by atoms with Crippen LogP contribution in [0.15, 0.2) is 12.2 Å². The fourth-order valence-electron chi connectivity index (χ4n) is 2.19. The normalized spacial score (nSPS) is 15.9. The predicted octanol–water partition coefficient (Wildman–Crippen LogP) is 7.21. The van der Waals surface area contributed by atoms with Crippen molar-refractivity contribution < 1.29 is 93.3 Å². The number of esters is 1. The third kappa shape index (κ3) is 6.91. The Morgan fingerprint density at radius 2 is 1.03 bits per heavy atom. The molecule has 38 heavy (non-hydrogen) atoms. The minimum absolute atomic E-state index is 0.744. The van der Waals surface area contributed by atoms with Gasteiger partial charge in [-0.3, -0.25) is 0 Å². The predicted molar refractivity (Wildman–Crippen MR) is 86.5 cm³/mol. The summed E-state index contributed by atoms with van der Waals surface area (Å²) in [6.07, 6.45) is -23.1. The van der Waals surface area contributed by atoms with Crippen molar-refractivity contribution in [3.8, 4) is 0 Å². The Morgan fingerprint density at radius 1 is 0.658 bits per heavy atom. The van der Waals surface area contributed by atoms with Crippen LogP contribution in [0.25, 0.3) is 0 Å². The van der Waals surface area contributed by atoms with Gasteiger partial charge in [-0.1, -0.05) is 6.58 Å². The molecule has 1 atom stereocenters. The second-order valence-corrected chi connectivity index (χ2v) is 7.54. The molecular formula is C17H14F18O3. The van der Waals surface area contributed by atoms with Crippen molar-refractivity contribution >= 4 is 5.97 Å². The van der Waals surface area contributed by atoms with E-state index in [2.05, 4.69) is 16.1 Å². The van der Waals surface area contributed by atoms with E-state index in [1.54, 1.807) is 0 Å². The van der Waals surface area contributed by atoms with Gasteiger partial charge in [0.2, 0.25) is 0 Å². The molecule has 0 heterocycles. The van der Waals surface area contributed by atoms with Crippen molar-refractivity contribution in [1.29, 1.82) is 0 Å². The molecule has 21 heteroatoms. The van der Waals surface area contributed by atoms with Crippen molar-refractivity contribution in [3.63, 3.8) is 0 Å². The van der Waals surface area contributed by atoms with Gasteiger partial charge in [-0.05, 0) is 6.92 Å².